The van der Waals surface area contributed by atoms with Gasteiger partial charge in [0.05, 0.1) is 0 Å². The number of benzene rings is 1. The zero-order chi connectivity index (χ0) is 20.0. The van der Waals surface area contributed by atoms with Gasteiger partial charge in [0.2, 0.25) is 0 Å². The molecule has 3 amide bonds. The highest BCUT2D eigenvalue weighted by atomic mass is 16.5. The van der Waals surface area contributed by atoms with Crippen molar-refractivity contribution in [2.75, 3.05) is 6.54 Å². The number of aryl methyl sites for hydroxylation is 2. The fourth-order valence-electron chi connectivity index (χ4n) is 4.72. The predicted octanol–water partition coefficient (Wildman–Crippen LogP) is 3.35. The van der Waals surface area contributed by atoms with E-state index in [-0.39, 0.29) is 17.9 Å². The molecule has 0 bridgehead atoms. The van der Waals surface area contributed by atoms with Crippen LogP contribution in [0.1, 0.15) is 51.2 Å². The topological polar surface area (TPSA) is 75.7 Å². The molecule has 27 heavy (non-hydrogen) atoms. The van der Waals surface area contributed by atoms with Crippen LogP contribution in [0.25, 0.3) is 0 Å². The zero-order valence-electron chi connectivity index (χ0n) is 16.7. The molecular weight excluding hydrogens is 344 g/mol. The number of rotatable bonds is 3. The number of nitrogens with zero attached hydrogens (tertiary/aromatic N) is 1. The molecule has 1 aliphatic carbocycles. The van der Waals surface area contributed by atoms with E-state index in [1.165, 1.54) is 0 Å². The summed E-state index contributed by atoms with van der Waals surface area (Å²) in [4.78, 5) is 38.8. The van der Waals surface area contributed by atoms with Crippen molar-refractivity contribution >= 4 is 17.9 Å². The number of nitrogens with one attached hydrogen (secondary N) is 1. The van der Waals surface area contributed by atoms with Crippen LogP contribution in [0.2, 0.25) is 0 Å². The first-order valence-electron chi connectivity index (χ1n) is 9.43. The van der Waals surface area contributed by atoms with E-state index in [0.717, 1.165) is 22.4 Å². The Balaban J connectivity index is 1.72. The molecule has 0 aromatic heterocycles. The van der Waals surface area contributed by atoms with Gasteiger partial charge < -0.3 is 10.1 Å². The Bertz CT molecular complexity index is 801. The van der Waals surface area contributed by atoms with E-state index in [4.69, 9.17) is 4.74 Å². The largest absolute Gasteiger partial charge is 0.425 e. The molecule has 0 unspecified atom stereocenters. The first-order valence-corrected chi connectivity index (χ1v) is 9.43. The van der Waals surface area contributed by atoms with Gasteiger partial charge in [0.15, 0.2) is 0 Å². The molecule has 2 aliphatic rings. The van der Waals surface area contributed by atoms with Gasteiger partial charge in [-0.05, 0) is 67.7 Å². The molecule has 1 aliphatic heterocycles. The lowest BCUT2D eigenvalue weighted by molar-refractivity contribution is -0.142. The maximum atomic E-state index is 13.0. The lowest BCUT2D eigenvalue weighted by Crippen LogP contribution is -2.54. The van der Waals surface area contributed by atoms with Gasteiger partial charge >= 0.3 is 12.0 Å². The summed E-state index contributed by atoms with van der Waals surface area (Å²) >= 11 is 0. The van der Waals surface area contributed by atoms with Gasteiger partial charge in [0.1, 0.15) is 17.8 Å². The number of carbonyl (C=O) groups excluding carboxylic acids is 3. The monoisotopic (exact) mass is 372 g/mol. The fraction of sp³-hybridized carbons (Fsp3) is 0.571. The normalized spacial score (nSPS) is 27.0. The molecule has 146 valence electrons. The Morgan fingerprint density at radius 1 is 1.22 bits per heavy atom. The summed E-state index contributed by atoms with van der Waals surface area (Å²) in [5, 5.41) is 2.87. The van der Waals surface area contributed by atoms with E-state index in [1.54, 1.807) is 12.1 Å². The third-order valence-corrected chi connectivity index (χ3v) is 5.62. The van der Waals surface area contributed by atoms with E-state index in [2.05, 4.69) is 26.1 Å². The molecule has 1 saturated carbocycles. The highest BCUT2D eigenvalue weighted by Gasteiger charge is 2.56. The van der Waals surface area contributed by atoms with Gasteiger partial charge in [-0.25, -0.2) is 9.59 Å². The third kappa shape index (κ3) is 3.84. The summed E-state index contributed by atoms with van der Waals surface area (Å²) in [5.74, 6) is -0.205. The second-order valence-corrected chi connectivity index (χ2v) is 8.98. The summed E-state index contributed by atoms with van der Waals surface area (Å²) in [6, 6.07) is 4.83. The second-order valence-electron chi connectivity index (χ2n) is 8.98. The molecule has 1 aromatic rings. The van der Waals surface area contributed by atoms with Crippen molar-refractivity contribution in [2.45, 2.75) is 59.4 Å². The summed E-state index contributed by atoms with van der Waals surface area (Å²) < 4.78 is 5.33. The molecule has 2 atom stereocenters. The SMILES string of the molecule is Cc1ccc(OC(=O)CN2C(=O)N[C@]3(C[C@H](C)CC(C)(C)C3)C2=O)cc1C. The smallest absolute Gasteiger partial charge is 0.331 e. The molecule has 1 N–H and O–H groups in total. The van der Waals surface area contributed by atoms with Crippen molar-refractivity contribution in [1.82, 2.24) is 10.2 Å². The van der Waals surface area contributed by atoms with Crippen molar-refractivity contribution in [3.8, 4) is 5.75 Å². The van der Waals surface area contributed by atoms with Gasteiger partial charge in [-0.15, -0.1) is 0 Å². The summed E-state index contributed by atoms with van der Waals surface area (Å²) in [7, 11) is 0. The van der Waals surface area contributed by atoms with E-state index in [0.29, 0.717) is 24.5 Å². The molecule has 1 spiro atoms. The Kier molecular flexibility index (Phi) is 4.78. The van der Waals surface area contributed by atoms with Crippen LogP contribution in [0, 0.1) is 25.2 Å². The van der Waals surface area contributed by atoms with Gasteiger partial charge in [-0.1, -0.05) is 26.8 Å². The number of esters is 1. The summed E-state index contributed by atoms with van der Waals surface area (Å²) in [6.07, 6.45) is 2.19. The second kappa shape index (κ2) is 6.66. The minimum atomic E-state index is -0.904. The summed E-state index contributed by atoms with van der Waals surface area (Å²) in [5.41, 5.74) is 1.16. The third-order valence-electron chi connectivity index (χ3n) is 5.62. The first kappa shape index (κ1) is 19.4. The van der Waals surface area contributed by atoms with Crippen LogP contribution in [0.15, 0.2) is 18.2 Å². The molecule has 1 saturated heterocycles. The Labute approximate surface area is 160 Å². The lowest BCUT2D eigenvalue weighted by atomic mass is 9.64. The van der Waals surface area contributed by atoms with Crippen molar-refractivity contribution in [1.29, 1.82) is 0 Å². The Morgan fingerprint density at radius 2 is 1.93 bits per heavy atom. The standard InChI is InChI=1S/C21H28N2O4/c1-13-9-20(4,5)12-21(10-13)18(25)23(19(26)22-21)11-17(24)27-16-7-6-14(2)15(3)8-16/h6-8,13H,9-12H2,1-5H3,(H,22,26)/t13-,21+/m1/s1. The van der Waals surface area contributed by atoms with Crippen LogP contribution < -0.4 is 10.1 Å². The highest BCUT2D eigenvalue weighted by molar-refractivity contribution is 6.08. The number of carbonyl (C=O) groups is 3. The van der Waals surface area contributed by atoms with Crippen LogP contribution in [0.5, 0.6) is 5.75 Å². The maximum absolute atomic E-state index is 13.0. The van der Waals surface area contributed by atoms with Crippen LogP contribution >= 0.6 is 0 Å². The Hall–Kier alpha value is -2.37. The molecule has 0 radical (unpaired) electrons. The molecule has 2 fully saturated rings. The van der Waals surface area contributed by atoms with Crippen molar-refractivity contribution < 1.29 is 19.1 Å². The summed E-state index contributed by atoms with van der Waals surface area (Å²) in [6.45, 7) is 9.84. The minimum absolute atomic E-state index is 0.0451. The number of amides is 3. The first-order chi connectivity index (χ1) is 12.5. The van der Waals surface area contributed by atoms with Gasteiger partial charge in [0, 0.05) is 0 Å². The van der Waals surface area contributed by atoms with E-state index in [1.807, 2.05) is 19.9 Å². The van der Waals surface area contributed by atoms with Crippen LogP contribution in [-0.4, -0.2) is 34.9 Å². The lowest BCUT2D eigenvalue weighted by Gasteiger charge is -2.43. The number of imide groups is 1. The maximum Gasteiger partial charge on any atom is 0.331 e. The zero-order valence-corrected chi connectivity index (χ0v) is 16.7. The number of ether oxygens (including phenoxy) is 1. The van der Waals surface area contributed by atoms with Gasteiger partial charge in [-0.2, -0.15) is 0 Å². The quantitative estimate of drug-likeness (QED) is 0.502. The van der Waals surface area contributed by atoms with Crippen LogP contribution in [0.3, 0.4) is 0 Å². The van der Waals surface area contributed by atoms with E-state index in [9.17, 15) is 14.4 Å². The molecule has 3 rings (SSSR count). The van der Waals surface area contributed by atoms with Crippen LogP contribution in [0.4, 0.5) is 4.79 Å². The number of hydrogen-bond donors (Lipinski definition) is 1. The molecule has 1 heterocycles. The van der Waals surface area contributed by atoms with Crippen molar-refractivity contribution in [3.63, 3.8) is 0 Å². The van der Waals surface area contributed by atoms with E-state index < -0.39 is 17.5 Å². The predicted molar refractivity (Wildman–Crippen MR) is 101 cm³/mol. The average molecular weight is 372 g/mol. The number of urea groups is 1. The van der Waals surface area contributed by atoms with Crippen molar-refractivity contribution in [3.05, 3.63) is 29.3 Å². The highest BCUT2D eigenvalue weighted by Crippen LogP contribution is 2.46. The minimum Gasteiger partial charge on any atom is -0.425 e. The molecule has 1 aromatic carbocycles. The van der Waals surface area contributed by atoms with E-state index >= 15 is 0 Å². The van der Waals surface area contributed by atoms with Crippen molar-refractivity contribution in [2.24, 2.45) is 11.3 Å². The molecule has 6 nitrogen and oxygen atoms in total. The fourth-order valence-corrected chi connectivity index (χ4v) is 4.72. The van der Waals surface area contributed by atoms with Gasteiger partial charge in [0.25, 0.3) is 5.91 Å². The number of hydrogen-bond acceptors (Lipinski definition) is 4. The van der Waals surface area contributed by atoms with Gasteiger partial charge in [-0.3, -0.25) is 9.69 Å². The molecular formula is C21H28N2O4. The molecule has 6 heteroatoms. The Morgan fingerprint density at radius 3 is 2.56 bits per heavy atom. The average Bonchev–Trinajstić information content (AvgIpc) is 2.72. The van der Waals surface area contributed by atoms with Crippen LogP contribution in [-0.2, 0) is 9.59 Å².